The third-order valence-electron chi connectivity index (χ3n) is 4.23. The Bertz CT molecular complexity index is 422. The number of carbonyl (C=O) groups excluding carboxylic acids is 1. The number of ether oxygens (including phenoxy) is 1. The van der Waals surface area contributed by atoms with E-state index in [0.29, 0.717) is 6.54 Å². The number of nitrogens with one attached hydrogen (secondary N) is 2. The number of rotatable bonds is 6. The number of amides is 1. The predicted molar refractivity (Wildman–Crippen MR) is 72.8 cm³/mol. The first-order valence-electron chi connectivity index (χ1n) is 6.76. The minimum atomic E-state index is -0.589. The highest BCUT2D eigenvalue weighted by Crippen LogP contribution is 2.40. The molecule has 2 N–H and O–H groups in total. The maximum Gasteiger partial charge on any atom is 0.231 e. The predicted octanol–water partition coefficient (Wildman–Crippen LogP) is 1.62. The summed E-state index contributed by atoms with van der Waals surface area (Å²) in [5.41, 5.74) is 0.391. The van der Waals surface area contributed by atoms with Crippen molar-refractivity contribution in [1.82, 2.24) is 15.3 Å². The summed E-state index contributed by atoms with van der Waals surface area (Å²) in [5.74, 6) is 0.0270. The molecule has 5 nitrogen and oxygen atoms in total. The molecule has 2 rings (SSSR count). The average Bonchev–Trinajstić information content (AvgIpc) is 2.86. The Morgan fingerprint density at radius 3 is 2.79 bits per heavy atom. The van der Waals surface area contributed by atoms with Crippen LogP contribution in [0.15, 0.2) is 12.5 Å². The number of methoxy groups -OCH3 is 1. The van der Waals surface area contributed by atoms with Crippen molar-refractivity contribution in [3.8, 4) is 0 Å². The zero-order valence-electron chi connectivity index (χ0n) is 12.0. The molecule has 0 spiro atoms. The molecular formula is C14H23N3O2. The summed E-state index contributed by atoms with van der Waals surface area (Å²) in [4.78, 5) is 19.3. The second kappa shape index (κ2) is 5.33. The molecule has 1 aliphatic carbocycles. The first-order chi connectivity index (χ1) is 9.00. The van der Waals surface area contributed by atoms with Crippen molar-refractivity contribution in [3.05, 3.63) is 18.2 Å². The van der Waals surface area contributed by atoms with Crippen molar-refractivity contribution in [2.75, 3.05) is 20.3 Å². The van der Waals surface area contributed by atoms with Crippen molar-refractivity contribution < 1.29 is 9.53 Å². The van der Waals surface area contributed by atoms with E-state index in [1.807, 2.05) is 13.8 Å². The van der Waals surface area contributed by atoms with Gasteiger partial charge in [-0.05, 0) is 26.7 Å². The molecule has 0 aliphatic heterocycles. The van der Waals surface area contributed by atoms with Crippen molar-refractivity contribution in [2.24, 2.45) is 5.41 Å². The van der Waals surface area contributed by atoms with Gasteiger partial charge in [0.25, 0.3) is 0 Å². The Labute approximate surface area is 114 Å². The highest BCUT2D eigenvalue weighted by atomic mass is 16.5. The summed E-state index contributed by atoms with van der Waals surface area (Å²) in [6.45, 7) is 5.22. The van der Waals surface area contributed by atoms with Gasteiger partial charge < -0.3 is 15.0 Å². The third kappa shape index (κ3) is 2.81. The summed E-state index contributed by atoms with van der Waals surface area (Å²) in [6.07, 6.45) is 6.79. The molecule has 19 heavy (non-hydrogen) atoms. The molecule has 5 heteroatoms. The van der Waals surface area contributed by atoms with E-state index >= 15 is 0 Å². The summed E-state index contributed by atoms with van der Waals surface area (Å²) in [7, 11) is 1.72. The van der Waals surface area contributed by atoms with Crippen LogP contribution in [0.25, 0.3) is 0 Å². The van der Waals surface area contributed by atoms with Gasteiger partial charge in [0.05, 0.1) is 18.3 Å². The standard InChI is InChI=1S/C14H23N3O2/c1-13(2,11-7-15-10-17-11)12(18)16-8-14(9-19-3)5-4-6-14/h7,10H,4-6,8-9H2,1-3H3,(H,15,17)(H,16,18). The second-order valence-electron chi connectivity index (χ2n) is 6.06. The monoisotopic (exact) mass is 265 g/mol. The van der Waals surface area contributed by atoms with Crippen LogP contribution in [0, 0.1) is 5.41 Å². The summed E-state index contributed by atoms with van der Waals surface area (Å²) in [6, 6.07) is 0. The van der Waals surface area contributed by atoms with E-state index in [4.69, 9.17) is 4.74 Å². The number of hydrogen-bond donors (Lipinski definition) is 2. The van der Waals surface area contributed by atoms with Crippen LogP contribution in [0.3, 0.4) is 0 Å². The Kier molecular flexibility index (Phi) is 3.94. The Morgan fingerprint density at radius 2 is 2.32 bits per heavy atom. The van der Waals surface area contributed by atoms with Gasteiger partial charge in [-0.3, -0.25) is 4.79 Å². The van der Waals surface area contributed by atoms with E-state index in [1.165, 1.54) is 6.42 Å². The van der Waals surface area contributed by atoms with E-state index in [2.05, 4.69) is 15.3 Å². The van der Waals surface area contributed by atoms with Gasteiger partial charge >= 0.3 is 0 Å². The van der Waals surface area contributed by atoms with Crippen LogP contribution in [0.1, 0.15) is 38.8 Å². The number of H-pyrrole nitrogens is 1. The fraction of sp³-hybridized carbons (Fsp3) is 0.714. The molecule has 0 unspecified atom stereocenters. The van der Waals surface area contributed by atoms with Gasteiger partial charge in [-0.15, -0.1) is 0 Å². The third-order valence-corrected chi connectivity index (χ3v) is 4.23. The van der Waals surface area contributed by atoms with Gasteiger partial charge in [0.1, 0.15) is 0 Å². The zero-order chi connectivity index (χ0) is 13.9. The minimum absolute atomic E-state index is 0.0270. The molecule has 1 heterocycles. The molecule has 1 aliphatic rings. The van der Waals surface area contributed by atoms with Crippen LogP contribution in [-0.4, -0.2) is 36.1 Å². The topological polar surface area (TPSA) is 67.0 Å². The maximum atomic E-state index is 12.4. The number of imidazole rings is 1. The highest BCUT2D eigenvalue weighted by molar-refractivity contribution is 5.86. The van der Waals surface area contributed by atoms with Gasteiger partial charge in [0, 0.05) is 31.0 Å². The molecule has 0 radical (unpaired) electrons. The van der Waals surface area contributed by atoms with Crippen LogP contribution in [0.4, 0.5) is 0 Å². The average molecular weight is 265 g/mol. The fourth-order valence-electron chi connectivity index (χ4n) is 2.56. The number of hydrogen-bond acceptors (Lipinski definition) is 3. The molecule has 1 aromatic rings. The lowest BCUT2D eigenvalue weighted by molar-refractivity contribution is -0.127. The first kappa shape index (κ1) is 14.1. The molecular weight excluding hydrogens is 242 g/mol. The number of carbonyl (C=O) groups is 1. The van der Waals surface area contributed by atoms with E-state index in [0.717, 1.165) is 25.1 Å². The summed E-state index contributed by atoms with van der Waals surface area (Å²) >= 11 is 0. The molecule has 0 saturated heterocycles. The second-order valence-corrected chi connectivity index (χ2v) is 6.06. The van der Waals surface area contributed by atoms with Crippen LogP contribution < -0.4 is 5.32 Å². The molecule has 1 amide bonds. The Morgan fingerprint density at radius 1 is 1.58 bits per heavy atom. The van der Waals surface area contributed by atoms with E-state index < -0.39 is 5.41 Å². The first-order valence-corrected chi connectivity index (χ1v) is 6.76. The van der Waals surface area contributed by atoms with Gasteiger partial charge in [-0.25, -0.2) is 4.98 Å². The smallest absolute Gasteiger partial charge is 0.231 e. The van der Waals surface area contributed by atoms with Crippen molar-refractivity contribution in [3.63, 3.8) is 0 Å². The van der Waals surface area contributed by atoms with Crippen molar-refractivity contribution in [1.29, 1.82) is 0 Å². The van der Waals surface area contributed by atoms with Crippen molar-refractivity contribution >= 4 is 5.91 Å². The maximum absolute atomic E-state index is 12.4. The lowest BCUT2D eigenvalue weighted by Crippen LogP contribution is -2.49. The van der Waals surface area contributed by atoms with Gasteiger partial charge in [0.2, 0.25) is 5.91 Å². The number of aromatic nitrogens is 2. The SMILES string of the molecule is COCC1(CNC(=O)C(C)(C)c2cnc[nH]2)CCC1. The van der Waals surface area contributed by atoms with E-state index in [-0.39, 0.29) is 11.3 Å². The van der Waals surface area contributed by atoms with E-state index in [1.54, 1.807) is 19.6 Å². The van der Waals surface area contributed by atoms with Crippen LogP contribution >= 0.6 is 0 Å². The van der Waals surface area contributed by atoms with Gasteiger partial charge in [-0.2, -0.15) is 0 Å². The lowest BCUT2D eigenvalue weighted by atomic mass is 9.69. The molecule has 1 fully saturated rings. The number of nitrogens with zero attached hydrogens (tertiary/aromatic N) is 1. The molecule has 0 atom stereocenters. The fourth-order valence-corrected chi connectivity index (χ4v) is 2.56. The van der Waals surface area contributed by atoms with Crippen LogP contribution in [0.5, 0.6) is 0 Å². The minimum Gasteiger partial charge on any atom is -0.384 e. The Balaban J connectivity index is 1.94. The molecule has 1 saturated carbocycles. The van der Waals surface area contributed by atoms with Crippen LogP contribution in [-0.2, 0) is 14.9 Å². The lowest BCUT2D eigenvalue weighted by Gasteiger charge is -2.42. The Hall–Kier alpha value is -1.36. The van der Waals surface area contributed by atoms with Gasteiger partial charge in [0.15, 0.2) is 0 Å². The zero-order valence-corrected chi connectivity index (χ0v) is 12.0. The van der Waals surface area contributed by atoms with Gasteiger partial charge in [-0.1, -0.05) is 6.42 Å². The quantitative estimate of drug-likeness (QED) is 0.821. The molecule has 0 aromatic carbocycles. The van der Waals surface area contributed by atoms with E-state index in [9.17, 15) is 4.79 Å². The molecule has 0 bridgehead atoms. The highest BCUT2D eigenvalue weighted by Gasteiger charge is 2.39. The van der Waals surface area contributed by atoms with Crippen molar-refractivity contribution in [2.45, 2.75) is 38.5 Å². The molecule has 106 valence electrons. The number of aromatic amines is 1. The summed E-state index contributed by atoms with van der Waals surface area (Å²) < 4.78 is 5.27. The largest absolute Gasteiger partial charge is 0.384 e. The normalized spacial score (nSPS) is 17.8. The molecule has 1 aromatic heterocycles. The summed E-state index contributed by atoms with van der Waals surface area (Å²) in [5, 5.41) is 3.07. The van der Waals surface area contributed by atoms with Crippen LogP contribution in [0.2, 0.25) is 0 Å².